The van der Waals surface area contributed by atoms with Crippen LogP contribution in [0.2, 0.25) is 0 Å². The molecule has 2 aromatic carbocycles. The third-order valence-corrected chi connectivity index (χ3v) is 5.70. The van der Waals surface area contributed by atoms with E-state index >= 15 is 0 Å². The van der Waals surface area contributed by atoms with Crippen LogP contribution in [-0.4, -0.2) is 47.6 Å². The monoisotopic (exact) mass is 425 g/mol. The van der Waals surface area contributed by atoms with Crippen LogP contribution in [0.5, 0.6) is 5.75 Å². The lowest BCUT2D eigenvalue weighted by Gasteiger charge is -2.33. The Morgan fingerprint density at radius 2 is 1.84 bits per heavy atom. The number of carbonyl (C=O) groups is 1. The fourth-order valence-electron chi connectivity index (χ4n) is 4.01. The molecule has 5 rings (SSSR count). The van der Waals surface area contributed by atoms with Crippen molar-refractivity contribution in [3.8, 4) is 17.0 Å². The molecule has 0 N–H and O–H groups in total. The highest BCUT2D eigenvalue weighted by molar-refractivity contribution is 6.05. The molecule has 0 saturated carbocycles. The minimum Gasteiger partial charge on any atom is -0.497 e. The summed E-state index contributed by atoms with van der Waals surface area (Å²) in [4.78, 5) is 24.4. The molecule has 1 saturated heterocycles. The Bertz CT molecular complexity index is 1250. The molecule has 1 fully saturated rings. The van der Waals surface area contributed by atoms with Crippen LogP contribution < -0.4 is 4.74 Å². The molecule has 0 spiro atoms. The summed E-state index contributed by atoms with van der Waals surface area (Å²) in [7, 11) is 1.65. The first-order chi connectivity index (χ1) is 15.7. The molecule has 2 aromatic heterocycles. The van der Waals surface area contributed by atoms with Gasteiger partial charge in [-0.3, -0.25) is 9.78 Å². The van der Waals surface area contributed by atoms with Crippen molar-refractivity contribution in [1.29, 1.82) is 0 Å². The van der Waals surface area contributed by atoms with E-state index in [9.17, 15) is 4.79 Å². The number of carbonyl (C=O) groups excluding carboxylic acids is 1. The third-order valence-electron chi connectivity index (χ3n) is 5.70. The quantitative estimate of drug-likeness (QED) is 0.481. The van der Waals surface area contributed by atoms with Gasteiger partial charge in [-0.2, -0.15) is 0 Å². The zero-order valence-corrected chi connectivity index (χ0v) is 17.8. The topological polar surface area (TPSA) is 64.5 Å². The van der Waals surface area contributed by atoms with E-state index in [1.807, 2.05) is 77.7 Å². The molecule has 1 aliphatic heterocycles. The summed E-state index contributed by atoms with van der Waals surface area (Å²) in [6.45, 7) is 1.45. The van der Waals surface area contributed by atoms with E-state index in [0.29, 0.717) is 25.3 Å². The molecule has 0 bridgehead atoms. The summed E-state index contributed by atoms with van der Waals surface area (Å²) in [5.74, 6) is 0.770. The first kappa shape index (κ1) is 20.2. The number of fused-ring (bicyclic) bond motifs is 1. The second-order valence-electron chi connectivity index (χ2n) is 7.67. The fourth-order valence-corrected chi connectivity index (χ4v) is 4.01. The number of amides is 1. The van der Waals surface area contributed by atoms with Gasteiger partial charge in [0.05, 0.1) is 42.7 Å². The molecular weight excluding hydrogens is 402 g/mol. The van der Waals surface area contributed by atoms with E-state index in [1.165, 1.54) is 0 Å². The summed E-state index contributed by atoms with van der Waals surface area (Å²) >= 11 is 0. The van der Waals surface area contributed by atoms with Crippen molar-refractivity contribution in [1.82, 2.24) is 14.9 Å². The number of ether oxygens (including phenoxy) is 2. The Kier molecular flexibility index (Phi) is 5.52. The van der Waals surface area contributed by atoms with Crippen molar-refractivity contribution < 1.29 is 14.3 Å². The lowest BCUT2D eigenvalue weighted by atomic mass is 10.1. The lowest BCUT2D eigenvalue weighted by Crippen LogP contribution is -2.42. The Morgan fingerprint density at radius 1 is 1.03 bits per heavy atom. The number of benzene rings is 2. The number of morpholine rings is 1. The van der Waals surface area contributed by atoms with Crippen molar-refractivity contribution in [3.05, 3.63) is 90.3 Å². The average Bonchev–Trinajstić information content (AvgIpc) is 2.88. The molecule has 32 heavy (non-hydrogen) atoms. The fraction of sp³-hybridized carbons (Fsp3) is 0.192. The van der Waals surface area contributed by atoms with Crippen LogP contribution in [0.4, 0.5) is 0 Å². The minimum atomic E-state index is -0.283. The highest BCUT2D eigenvalue weighted by atomic mass is 16.5. The van der Waals surface area contributed by atoms with Crippen LogP contribution in [0.15, 0.2) is 79.0 Å². The standard InChI is InChI=1S/C26H23N3O3/c1-31-20-12-10-18(11-13-20)22-8-3-9-23(28-22)24-17-29(15-16-32-24)26(30)21-7-2-5-19-6-4-14-27-25(19)21/h2-14,24H,15-17H2,1H3. The van der Waals surface area contributed by atoms with Gasteiger partial charge < -0.3 is 14.4 Å². The molecule has 1 aliphatic rings. The highest BCUT2D eigenvalue weighted by Crippen LogP contribution is 2.27. The smallest absolute Gasteiger partial charge is 0.256 e. The first-order valence-electron chi connectivity index (χ1n) is 10.6. The maximum absolute atomic E-state index is 13.3. The van der Waals surface area contributed by atoms with Crippen LogP contribution >= 0.6 is 0 Å². The van der Waals surface area contributed by atoms with Crippen LogP contribution in [-0.2, 0) is 4.74 Å². The maximum atomic E-state index is 13.3. The predicted molar refractivity (Wildman–Crippen MR) is 123 cm³/mol. The van der Waals surface area contributed by atoms with Gasteiger partial charge in [0, 0.05) is 23.7 Å². The Morgan fingerprint density at radius 3 is 2.69 bits per heavy atom. The molecule has 1 atom stereocenters. The van der Waals surface area contributed by atoms with Crippen molar-refractivity contribution in [2.45, 2.75) is 6.10 Å². The summed E-state index contributed by atoms with van der Waals surface area (Å²) in [6, 6.07) is 23.2. The van der Waals surface area contributed by atoms with E-state index in [-0.39, 0.29) is 12.0 Å². The number of rotatable bonds is 4. The van der Waals surface area contributed by atoms with Gasteiger partial charge in [0.25, 0.3) is 5.91 Å². The van der Waals surface area contributed by atoms with Gasteiger partial charge in [-0.25, -0.2) is 4.98 Å². The predicted octanol–water partition coefficient (Wildman–Crippen LogP) is 4.52. The van der Waals surface area contributed by atoms with Gasteiger partial charge in [-0.05, 0) is 48.5 Å². The maximum Gasteiger partial charge on any atom is 0.256 e. The van der Waals surface area contributed by atoms with Crippen LogP contribution in [0, 0.1) is 0 Å². The van der Waals surface area contributed by atoms with Crippen LogP contribution in [0.1, 0.15) is 22.2 Å². The molecule has 0 radical (unpaired) electrons. The van der Waals surface area contributed by atoms with Gasteiger partial charge in [0.1, 0.15) is 11.9 Å². The number of nitrogens with zero attached hydrogens (tertiary/aromatic N) is 3. The van der Waals surface area contributed by atoms with E-state index < -0.39 is 0 Å². The normalized spacial score (nSPS) is 16.2. The number of pyridine rings is 2. The summed E-state index contributed by atoms with van der Waals surface area (Å²) in [5, 5.41) is 0.956. The van der Waals surface area contributed by atoms with E-state index in [1.54, 1.807) is 13.3 Å². The molecule has 160 valence electrons. The minimum absolute atomic E-state index is 0.0334. The van der Waals surface area contributed by atoms with Gasteiger partial charge in [0.2, 0.25) is 0 Å². The molecule has 3 heterocycles. The van der Waals surface area contributed by atoms with Crippen LogP contribution in [0.3, 0.4) is 0 Å². The number of hydrogen-bond acceptors (Lipinski definition) is 5. The Balaban J connectivity index is 1.38. The van der Waals surface area contributed by atoms with Crippen molar-refractivity contribution in [3.63, 3.8) is 0 Å². The largest absolute Gasteiger partial charge is 0.497 e. The third kappa shape index (κ3) is 3.92. The zero-order chi connectivity index (χ0) is 21.9. The van der Waals surface area contributed by atoms with Gasteiger partial charge in [-0.1, -0.05) is 24.3 Å². The molecule has 0 aliphatic carbocycles. The van der Waals surface area contributed by atoms with Crippen molar-refractivity contribution in [2.75, 3.05) is 26.8 Å². The van der Waals surface area contributed by atoms with Gasteiger partial charge >= 0.3 is 0 Å². The Hall–Kier alpha value is -3.77. The first-order valence-corrected chi connectivity index (χ1v) is 10.6. The van der Waals surface area contributed by atoms with Crippen LogP contribution in [0.25, 0.3) is 22.2 Å². The number of methoxy groups -OCH3 is 1. The summed E-state index contributed by atoms with van der Waals surface area (Å²) in [6.07, 6.45) is 1.43. The number of aromatic nitrogens is 2. The molecule has 6 nitrogen and oxygen atoms in total. The highest BCUT2D eigenvalue weighted by Gasteiger charge is 2.28. The number of hydrogen-bond donors (Lipinski definition) is 0. The van der Waals surface area contributed by atoms with Crippen molar-refractivity contribution in [2.24, 2.45) is 0 Å². The molecular formula is C26H23N3O3. The zero-order valence-electron chi connectivity index (χ0n) is 17.8. The van der Waals surface area contributed by atoms with Gasteiger partial charge in [-0.15, -0.1) is 0 Å². The molecule has 1 amide bonds. The van der Waals surface area contributed by atoms with Crippen molar-refractivity contribution >= 4 is 16.8 Å². The van der Waals surface area contributed by atoms with E-state index in [4.69, 9.17) is 14.5 Å². The Labute approximate surface area is 186 Å². The van der Waals surface area contributed by atoms with E-state index in [0.717, 1.165) is 33.6 Å². The SMILES string of the molecule is COc1ccc(-c2cccc(C3CN(C(=O)c4cccc5cccnc45)CCO3)n2)cc1. The summed E-state index contributed by atoms with van der Waals surface area (Å²) in [5.41, 5.74) is 4.01. The molecule has 6 heteroatoms. The lowest BCUT2D eigenvalue weighted by molar-refractivity contribution is -0.0246. The van der Waals surface area contributed by atoms with E-state index in [2.05, 4.69) is 4.98 Å². The second-order valence-corrected chi connectivity index (χ2v) is 7.67. The molecule has 1 unspecified atom stereocenters. The average molecular weight is 425 g/mol. The second kappa shape index (κ2) is 8.77. The summed E-state index contributed by atoms with van der Waals surface area (Å²) < 4.78 is 11.2. The van der Waals surface area contributed by atoms with Gasteiger partial charge in [0.15, 0.2) is 0 Å². The number of para-hydroxylation sites is 1. The molecule has 4 aromatic rings.